The Labute approximate surface area is 256 Å². The van der Waals surface area contributed by atoms with Gasteiger partial charge in [-0.3, -0.25) is 9.59 Å². The zero-order chi connectivity index (χ0) is 30.8. The number of rotatable bonds is 14. The first kappa shape index (κ1) is 32.2. The highest BCUT2D eigenvalue weighted by Gasteiger charge is 2.31. The molecule has 1 aliphatic heterocycles. The van der Waals surface area contributed by atoms with Gasteiger partial charge in [-0.15, -0.1) is 0 Å². The highest BCUT2D eigenvalue weighted by atomic mass is 32.2. The fourth-order valence-corrected chi connectivity index (χ4v) is 6.76. The predicted molar refractivity (Wildman–Crippen MR) is 168 cm³/mol. The highest BCUT2D eigenvalue weighted by molar-refractivity contribution is 7.89. The molecule has 1 fully saturated rings. The van der Waals surface area contributed by atoms with Crippen LogP contribution in [0.1, 0.15) is 62.3 Å². The Morgan fingerprint density at radius 2 is 1.53 bits per heavy atom. The zero-order valence-electron chi connectivity index (χ0n) is 25.4. The number of nitrogens with zero attached hydrogens (tertiary/aromatic N) is 2. The number of amides is 2. The van der Waals surface area contributed by atoms with E-state index in [0.717, 1.165) is 36.0 Å². The summed E-state index contributed by atoms with van der Waals surface area (Å²) in [5, 5.41) is 3.06. The third-order valence-corrected chi connectivity index (χ3v) is 9.70. The molecular formula is C34H43N3O5S. The number of carbonyl (C=O) groups is 2. The molecule has 8 nitrogen and oxygen atoms in total. The molecule has 1 atom stereocenters. The third kappa shape index (κ3) is 8.67. The van der Waals surface area contributed by atoms with Crippen molar-refractivity contribution in [2.75, 3.05) is 26.7 Å². The second-order valence-corrected chi connectivity index (χ2v) is 13.3. The molecule has 3 aromatic carbocycles. The molecular weight excluding hydrogens is 562 g/mol. The van der Waals surface area contributed by atoms with Gasteiger partial charge < -0.3 is 15.0 Å². The summed E-state index contributed by atoms with van der Waals surface area (Å²) in [5.41, 5.74) is 2.47. The van der Waals surface area contributed by atoms with Gasteiger partial charge in [-0.05, 0) is 72.6 Å². The van der Waals surface area contributed by atoms with E-state index in [2.05, 4.69) is 19.2 Å². The molecule has 0 radical (unpaired) electrons. The molecule has 1 heterocycles. The topological polar surface area (TPSA) is 96.0 Å². The van der Waals surface area contributed by atoms with Gasteiger partial charge in [0, 0.05) is 32.6 Å². The van der Waals surface area contributed by atoms with Gasteiger partial charge in [0.25, 0.3) is 0 Å². The highest BCUT2D eigenvalue weighted by Crippen LogP contribution is 2.27. The first-order chi connectivity index (χ1) is 20.7. The maximum atomic E-state index is 14.0. The van der Waals surface area contributed by atoms with Crippen LogP contribution in [0.5, 0.6) is 5.75 Å². The zero-order valence-corrected chi connectivity index (χ0v) is 26.2. The summed E-state index contributed by atoms with van der Waals surface area (Å²) in [6.45, 7) is 6.08. The minimum absolute atomic E-state index is 0.164. The summed E-state index contributed by atoms with van der Waals surface area (Å²) in [7, 11) is -1.90. The Kier molecular flexibility index (Phi) is 11.4. The minimum atomic E-state index is -3.50. The van der Waals surface area contributed by atoms with E-state index in [1.807, 2.05) is 54.6 Å². The Bertz CT molecular complexity index is 1440. The number of methoxy groups -OCH3 is 1. The summed E-state index contributed by atoms with van der Waals surface area (Å²) in [6.07, 6.45) is 3.18. The lowest BCUT2D eigenvalue weighted by atomic mass is 10.0. The van der Waals surface area contributed by atoms with Crippen LogP contribution in [0.2, 0.25) is 0 Å². The fraction of sp³-hybridized carbons (Fsp3) is 0.412. The molecule has 230 valence electrons. The number of nitrogens with one attached hydrogen (secondary N) is 1. The molecule has 43 heavy (non-hydrogen) atoms. The van der Waals surface area contributed by atoms with E-state index in [9.17, 15) is 18.0 Å². The SMILES string of the molecule is COc1ccc(CN(C(=O)CCc2ccc(S(=O)(=O)N3CCCC3)cc2)C(C(=O)NCCC(C)C)c2ccccc2)cc1. The molecule has 0 aliphatic carbocycles. The third-order valence-electron chi connectivity index (χ3n) is 7.78. The minimum Gasteiger partial charge on any atom is -0.497 e. The second kappa shape index (κ2) is 15.2. The smallest absolute Gasteiger partial charge is 0.247 e. The number of hydrogen-bond donors (Lipinski definition) is 1. The monoisotopic (exact) mass is 605 g/mol. The van der Waals surface area contributed by atoms with E-state index in [1.54, 1.807) is 36.3 Å². The Morgan fingerprint density at radius 1 is 0.907 bits per heavy atom. The van der Waals surface area contributed by atoms with Crippen molar-refractivity contribution in [1.29, 1.82) is 0 Å². The van der Waals surface area contributed by atoms with E-state index in [1.165, 1.54) is 4.31 Å². The van der Waals surface area contributed by atoms with Crippen LogP contribution in [0.15, 0.2) is 83.8 Å². The molecule has 4 rings (SSSR count). The van der Waals surface area contributed by atoms with Gasteiger partial charge in [-0.2, -0.15) is 4.31 Å². The van der Waals surface area contributed by atoms with E-state index in [4.69, 9.17) is 4.74 Å². The van der Waals surface area contributed by atoms with Crippen molar-refractivity contribution in [3.8, 4) is 5.75 Å². The largest absolute Gasteiger partial charge is 0.497 e. The average molecular weight is 606 g/mol. The van der Waals surface area contributed by atoms with Crippen molar-refractivity contribution in [1.82, 2.24) is 14.5 Å². The van der Waals surface area contributed by atoms with Gasteiger partial charge in [-0.25, -0.2) is 8.42 Å². The van der Waals surface area contributed by atoms with Crippen LogP contribution in [0.3, 0.4) is 0 Å². The van der Waals surface area contributed by atoms with Gasteiger partial charge in [-0.1, -0.05) is 68.4 Å². The quantitative estimate of drug-likeness (QED) is 0.268. The number of aryl methyl sites for hydroxylation is 1. The van der Waals surface area contributed by atoms with Crippen molar-refractivity contribution >= 4 is 21.8 Å². The molecule has 0 aromatic heterocycles. The maximum absolute atomic E-state index is 14.0. The molecule has 1 saturated heterocycles. The van der Waals surface area contributed by atoms with Crippen LogP contribution in [0.4, 0.5) is 0 Å². The Balaban J connectivity index is 1.56. The van der Waals surface area contributed by atoms with E-state index >= 15 is 0 Å². The summed E-state index contributed by atoms with van der Waals surface area (Å²) < 4.78 is 32.7. The van der Waals surface area contributed by atoms with Crippen molar-refractivity contribution in [3.63, 3.8) is 0 Å². The first-order valence-electron chi connectivity index (χ1n) is 15.0. The van der Waals surface area contributed by atoms with Crippen molar-refractivity contribution < 1.29 is 22.7 Å². The van der Waals surface area contributed by atoms with E-state index < -0.39 is 16.1 Å². The lowest BCUT2D eigenvalue weighted by Crippen LogP contribution is -2.43. The standard InChI is InChI=1S/C34H43N3O5S/c1-26(2)21-22-35-34(39)33(29-9-5-4-6-10-29)37(25-28-11-16-30(42-3)17-12-28)32(38)20-15-27-13-18-31(19-14-27)43(40,41)36-23-7-8-24-36/h4-6,9-14,16-19,26,33H,7-8,15,20-25H2,1-3H3,(H,35,39). The molecule has 2 amide bonds. The van der Waals surface area contributed by atoms with Gasteiger partial charge in [0.2, 0.25) is 21.8 Å². The van der Waals surface area contributed by atoms with E-state index in [0.29, 0.717) is 37.7 Å². The normalized spacial score (nSPS) is 14.4. The number of sulfonamides is 1. The van der Waals surface area contributed by atoms with Crippen LogP contribution in [0.25, 0.3) is 0 Å². The molecule has 0 spiro atoms. The van der Waals surface area contributed by atoms with Crippen LogP contribution in [0, 0.1) is 5.92 Å². The summed E-state index contributed by atoms with van der Waals surface area (Å²) in [5.74, 6) is 0.759. The molecule has 3 aromatic rings. The Hall–Kier alpha value is -3.69. The van der Waals surface area contributed by atoms with Gasteiger partial charge >= 0.3 is 0 Å². The average Bonchev–Trinajstić information content (AvgIpc) is 3.57. The van der Waals surface area contributed by atoms with Crippen molar-refractivity contribution in [2.24, 2.45) is 5.92 Å². The first-order valence-corrected chi connectivity index (χ1v) is 16.5. The summed E-state index contributed by atoms with van der Waals surface area (Å²) in [4.78, 5) is 29.6. The van der Waals surface area contributed by atoms with Gasteiger partial charge in [0.1, 0.15) is 11.8 Å². The summed E-state index contributed by atoms with van der Waals surface area (Å²) in [6, 6.07) is 22.9. The van der Waals surface area contributed by atoms with Crippen LogP contribution >= 0.6 is 0 Å². The van der Waals surface area contributed by atoms with Gasteiger partial charge in [0.15, 0.2) is 0 Å². The maximum Gasteiger partial charge on any atom is 0.247 e. The number of ether oxygens (including phenoxy) is 1. The second-order valence-electron chi connectivity index (χ2n) is 11.4. The molecule has 1 aliphatic rings. The molecule has 0 bridgehead atoms. The van der Waals surface area contributed by atoms with Crippen LogP contribution < -0.4 is 10.1 Å². The lowest BCUT2D eigenvalue weighted by Gasteiger charge is -2.32. The molecule has 0 saturated carbocycles. The number of benzene rings is 3. The van der Waals surface area contributed by atoms with Crippen LogP contribution in [-0.2, 0) is 32.6 Å². The number of hydrogen-bond acceptors (Lipinski definition) is 5. The molecule has 9 heteroatoms. The number of carbonyl (C=O) groups excluding carboxylic acids is 2. The van der Waals surface area contributed by atoms with Crippen molar-refractivity contribution in [3.05, 3.63) is 95.6 Å². The van der Waals surface area contributed by atoms with Gasteiger partial charge in [0.05, 0.1) is 12.0 Å². The Morgan fingerprint density at radius 3 is 2.14 bits per heavy atom. The van der Waals surface area contributed by atoms with Crippen LogP contribution in [-0.4, -0.2) is 56.2 Å². The molecule has 1 N–H and O–H groups in total. The predicted octanol–water partition coefficient (Wildman–Crippen LogP) is 5.34. The van der Waals surface area contributed by atoms with Crippen molar-refractivity contribution in [2.45, 2.75) is 63.4 Å². The molecule has 1 unspecified atom stereocenters. The summed E-state index contributed by atoms with van der Waals surface area (Å²) >= 11 is 0. The van der Waals surface area contributed by atoms with E-state index in [-0.39, 0.29) is 29.7 Å². The lowest BCUT2D eigenvalue weighted by molar-refractivity contribution is -0.141. The fourth-order valence-electron chi connectivity index (χ4n) is 5.24.